The van der Waals surface area contributed by atoms with E-state index in [0.717, 1.165) is 35.7 Å². The van der Waals surface area contributed by atoms with Gasteiger partial charge in [0.2, 0.25) is 11.8 Å². The third kappa shape index (κ3) is 5.60. The molecule has 0 aromatic heterocycles. The van der Waals surface area contributed by atoms with Crippen molar-refractivity contribution in [2.45, 2.75) is 12.8 Å². The standard InChI is InChI=1S/C21H22N2O4S/c24-19(13-15-1-5-17(6-2-15)21(26)27)22-18-7-3-16(4-8-18)14-20(25)23-9-11-28-12-10-23/h1-8H,9-14H2,(H,22,24)(H,26,27). The zero-order valence-electron chi connectivity index (χ0n) is 15.4. The van der Waals surface area contributed by atoms with Crippen LogP contribution in [-0.4, -0.2) is 52.4 Å². The summed E-state index contributed by atoms with van der Waals surface area (Å²) < 4.78 is 0. The van der Waals surface area contributed by atoms with Gasteiger partial charge in [-0.2, -0.15) is 11.8 Å². The molecule has 1 saturated heterocycles. The normalized spacial score (nSPS) is 13.8. The minimum Gasteiger partial charge on any atom is -0.478 e. The van der Waals surface area contributed by atoms with E-state index in [2.05, 4.69) is 5.32 Å². The number of carbonyl (C=O) groups excluding carboxylic acids is 2. The smallest absolute Gasteiger partial charge is 0.335 e. The number of aromatic carboxylic acids is 1. The lowest BCUT2D eigenvalue weighted by Gasteiger charge is -2.26. The maximum absolute atomic E-state index is 12.3. The molecule has 146 valence electrons. The van der Waals surface area contributed by atoms with E-state index in [-0.39, 0.29) is 23.8 Å². The largest absolute Gasteiger partial charge is 0.478 e. The van der Waals surface area contributed by atoms with Crippen molar-refractivity contribution < 1.29 is 19.5 Å². The van der Waals surface area contributed by atoms with E-state index in [1.165, 1.54) is 12.1 Å². The SMILES string of the molecule is O=C(Cc1ccc(C(=O)O)cc1)Nc1ccc(CC(=O)N2CCSCC2)cc1. The molecule has 0 saturated carbocycles. The first-order valence-electron chi connectivity index (χ1n) is 9.08. The molecule has 1 aliphatic heterocycles. The summed E-state index contributed by atoms with van der Waals surface area (Å²) in [4.78, 5) is 37.2. The summed E-state index contributed by atoms with van der Waals surface area (Å²) >= 11 is 1.87. The van der Waals surface area contributed by atoms with Gasteiger partial charge in [0.1, 0.15) is 0 Å². The van der Waals surface area contributed by atoms with Crippen molar-refractivity contribution >= 4 is 35.2 Å². The van der Waals surface area contributed by atoms with Crippen molar-refractivity contribution in [3.63, 3.8) is 0 Å². The van der Waals surface area contributed by atoms with Gasteiger partial charge >= 0.3 is 5.97 Å². The second-order valence-electron chi connectivity index (χ2n) is 6.59. The molecule has 2 aromatic rings. The molecule has 3 rings (SSSR count). The van der Waals surface area contributed by atoms with Gasteiger partial charge in [0.15, 0.2) is 0 Å². The van der Waals surface area contributed by atoms with Crippen LogP contribution in [0.3, 0.4) is 0 Å². The van der Waals surface area contributed by atoms with Crippen LogP contribution in [0.15, 0.2) is 48.5 Å². The fourth-order valence-electron chi connectivity index (χ4n) is 2.96. The van der Waals surface area contributed by atoms with Crippen LogP contribution in [0, 0.1) is 0 Å². The highest BCUT2D eigenvalue weighted by Crippen LogP contribution is 2.14. The van der Waals surface area contributed by atoms with Crippen LogP contribution < -0.4 is 5.32 Å². The van der Waals surface area contributed by atoms with Gasteiger partial charge in [0.05, 0.1) is 18.4 Å². The molecule has 6 nitrogen and oxygen atoms in total. The molecule has 0 bridgehead atoms. The molecule has 2 N–H and O–H groups in total. The van der Waals surface area contributed by atoms with Crippen LogP contribution in [0.1, 0.15) is 21.5 Å². The van der Waals surface area contributed by atoms with Crippen LogP contribution >= 0.6 is 11.8 Å². The Labute approximate surface area is 167 Å². The Morgan fingerprint density at radius 2 is 1.46 bits per heavy atom. The lowest BCUT2D eigenvalue weighted by atomic mass is 10.1. The Kier molecular flexibility index (Phi) is 6.71. The zero-order chi connectivity index (χ0) is 19.9. The lowest BCUT2D eigenvalue weighted by molar-refractivity contribution is -0.130. The third-order valence-corrected chi connectivity index (χ3v) is 5.46. The van der Waals surface area contributed by atoms with Gasteiger partial charge in [0, 0.05) is 30.3 Å². The Morgan fingerprint density at radius 1 is 0.893 bits per heavy atom. The predicted molar refractivity (Wildman–Crippen MR) is 110 cm³/mol. The van der Waals surface area contributed by atoms with Gasteiger partial charge in [-0.15, -0.1) is 0 Å². The number of anilines is 1. The van der Waals surface area contributed by atoms with Gasteiger partial charge in [-0.1, -0.05) is 24.3 Å². The molecule has 1 fully saturated rings. The molecule has 0 spiro atoms. The van der Waals surface area contributed by atoms with Crippen LogP contribution in [0.4, 0.5) is 5.69 Å². The first-order chi connectivity index (χ1) is 13.5. The van der Waals surface area contributed by atoms with Crippen molar-refractivity contribution in [1.82, 2.24) is 4.90 Å². The van der Waals surface area contributed by atoms with E-state index in [1.54, 1.807) is 24.3 Å². The summed E-state index contributed by atoms with van der Waals surface area (Å²) in [5, 5.41) is 11.7. The average Bonchev–Trinajstić information content (AvgIpc) is 2.70. The molecule has 1 heterocycles. The van der Waals surface area contributed by atoms with Crippen LogP contribution in [0.25, 0.3) is 0 Å². The van der Waals surface area contributed by atoms with Gasteiger partial charge in [-0.05, 0) is 35.4 Å². The number of hydrogen-bond acceptors (Lipinski definition) is 4. The number of rotatable bonds is 6. The Morgan fingerprint density at radius 3 is 2.07 bits per heavy atom. The predicted octanol–water partition coefficient (Wildman–Crippen LogP) is 2.68. The molecule has 0 atom stereocenters. The number of nitrogens with one attached hydrogen (secondary N) is 1. The molecule has 7 heteroatoms. The summed E-state index contributed by atoms with van der Waals surface area (Å²) in [7, 11) is 0. The van der Waals surface area contributed by atoms with E-state index in [4.69, 9.17) is 5.11 Å². The van der Waals surface area contributed by atoms with Gasteiger partial charge < -0.3 is 15.3 Å². The number of benzene rings is 2. The minimum absolute atomic E-state index is 0.141. The fourth-order valence-corrected chi connectivity index (χ4v) is 3.86. The number of nitrogens with zero attached hydrogens (tertiary/aromatic N) is 1. The maximum Gasteiger partial charge on any atom is 0.335 e. The maximum atomic E-state index is 12.3. The van der Waals surface area contributed by atoms with Crippen molar-refractivity contribution in [2.75, 3.05) is 29.9 Å². The second-order valence-corrected chi connectivity index (χ2v) is 7.82. The van der Waals surface area contributed by atoms with E-state index in [1.807, 2.05) is 28.8 Å². The molecule has 2 aromatic carbocycles. The quantitative estimate of drug-likeness (QED) is 0.781. The number of carboxylic acid groups (broad SMARTS) is 1. The highest BCUT2D eigenvalue weighted by atomic mass is 32.2. The summed E-state index contributed by atoms with van der Waals surface area (Å²) in [6.07, 6.45) is 0.530. The zero-order valence-corrected chi connectivity index (χ0v) is 16.2. The number of thioether (sulfide) groups is 1. The summed E-state index contributed by atoms with van der Waals surface area (Å²) in [6, 6.07) is 13.5. The molecule has 0 aliphatic carbocycles. The molecule has 0 radical (unpaired) electrons. The first-order valence-corrected chi connectivity index (χ1v) is 10.2. The number of amides is 2. The van der Waals surface area contributed by atoms with Crippen LogP contribution in [-0.2, 0) is 22.4 Å². The van der Waals surface area contributed by atoms with Crippen molar-refractivity contribution in [3.8, 4) is 0 Å². The molecule has 0 unspecified atom stereocenters. The Balaban J connectivity index is 1.51. The second kappa shape index (κ2) is 9.41. The van der Waals surface area contributed by atoms with Gasteiger partial charge in [0.25, 0.3) is 0 Å². The van der Waals surface area contributed by atoms with E-state index in [0.29, 0.717) is 12.1 Å². The van der Waals surface area contributed by atoms with E-state index in [9.17, 15) is 14.4 Å². The highest BCUT2D eigenvalue weighted by Gasteiger charge is 2.16. The minimum atomic E-state index is -0.992. The molecule has 2 amide bonds. The molecule has 28 heavy (non-hydrogen) atoms. The molecule has 1 aliphatic rings. The van der Waals surface area contributed by atoms with E-state index < -0.39 is 5.97 Å². The molecular formula is C21H22N2O4S. The van der Waals surface area contributed by atoms with Crippen molar-refractivity contribution in [2.24, 2.45) is 0 Å². The lowest BCUT2D eigenvalue weighted by Crippen LogP contribution is -2.38. The number of carbonyl (C=O) groups is 3. The number of carboxylic acids is 1. The first kappa shape index (κ1) is 19.9. The Hall–Kier alpha value is -2.80. The highest BCUT2D eigenvalue weighted by molar-refractivity contribution is 7.99. The fraction of sp³-hybridized carbons (Fsp3) is 0.286. The van der Waals surface area contributed by atoms with Crippen molar-refractivity contribution in [3.05, 3.63) is 65.2 Å². The topological polar surface area (TPSA) is 86.7 Å². The Bertz CT molecular complexity index is 844. The monoisotopic (exact) mass is 398 g/mol. The summed E-state index contributed by atoms with van der Waals surface area (Å²) in [5.74, 6) is 0.958. The third-order valence-electron chi connectivity index (χ3n) is 4.52. The van der Waals surface area contributed by atoms with Gasteiger partial charge in [-0.3, -0.25) is 9.59 Å². The van der Waals surface area contributed by atoms with Gasteiger partial charge in [-0.25, -0.2) is 4.79 Å². The summed E-state index contributed by atoms with van der Waals surface area (Å²) in [6.45, 7) is 1.62. The van der Waals surface area contributed by atoms with Crippen LogP contribution in [0.5, 0.6) is 0 Å². The average molecular weight is 398 g/mol. The van der Waals surface area contributed by atoms with Crippen molar-refractivity contribution in [1.29, 1.82) is 0 Å². The number of hydrogen-bond donors (Lipinski definition) is 2. The summed E-state index contributed by atoms with van der Waals surface area (Å²) in [5.41, 5.74) is 2.52. The molecular weight excluding hydrogens is 376 g/mol. The van der Waals surface area contributed by atoms with Crippen LogP contribution in [0.2, 0.25) is 0 Å². The van der Waals surface area contributed by atoms with E-state index >= 15 is 0 Å².